The first-order valence-electron chi connectivity index (χ1n) is 9.09. The number of fused-ring (bicyclic) bond motifs is 4. The average molecular weight is 366 g/mol. The van der Waals surface area contributed by atoms with E-state index in [9.17, 15) is 13.2 Å². The zero-order valence-electron chi connectivity index (χ0n) is 14.4. The molecular weight excluding hydrogens is 340 g/mol. The summed E-state index contributed by atoms with van der Waals surface area (Å²) in [7, 11) is -3.45. The maximum atomic E-state index is 12.9. The second-order valence-electron chi connectivity index (χ2n) is 7.72. The highest BCUT2D eigenvalue weighted by Crippen LogP contribution is 2.31. The summed E-state index contributed by atoms with van der Waals surface area (Å²) in [4.78, 5) is 15.1. The summed E-state index contributed by atoms with van der Waals surface area (Å²) in [5, 5.41) is 8.27. The molecule has 1 aromatic heterocycles. The lowest BCUT2D eigenvalue weighted by Gasteiger charge is -2.38. The van der Waals surface area contributed by atoms with Crippen molar-refractivity contribution in [3.05, 3.63) is 33.7 Å². The molecule has 2 saturated heterocycles. The molecule has 25 heavy (non-hydrogen) atoms. The summed E-state index contributed by atoms with van der Waals surface area (Å²) in [6.07, 6.45) is 2.26. The Labute approximate surface area is 148 Å². The Balaban J connectivity index is 1.49. The van der Waals surface area contributed by atoms with E-state index in [1.54, 1.807) is 0 Å². The highest BCUT2D eigenvalue weighted by molar-refractivity contribution is 7.89. The van der Waals surface area contributed by atoms with Gasteiger partial charge in [-0.2, -0.15) is 0 Å². The molecule has 0 saturated carbocycles. The van der Waals surface area contributed by atoms with Gasteiger partial charge < -0.3 is 9.88 Å². The minimum Gasteiger partial charge on any atom is -0.316 e. The van der Waals surface area contributed by atoms with Crippen LogP contribution in [0.3, 0.4) is 0 Å². The molecule has 0 radical (unpaired) electrons. The van der Waals surface area contributed by atoms with Gasteiger partial charge in [-0.25, -0.2) is 13.6 Å². The first kappa shape index (κ1) is 17.2. The van der Waals surface area contributed by atoms with Crippen molar-refractivity contribution < 1.29 is 8.42 Å². The van der Waals surface area contributed by atoms with Gasteiger partial charge in [0, 0.05) is 36.8 Å². The predicted molar refractivity (Wildman–Crippen MR) is 95.8 cm³/mol. The van der Waals surface area contributed by atoms with Crippen molar-refractivity contribution in [3.63, 3.8) is 0 Å². The van der Waals surface area contributed by atoms with Gasteiger partial charge in [-0.1, -0.05) is 6.07 Å². The van der Waals surface area contributed by atoms with E-state index in [-0.39, 0.29) is 5.56 Å². The first-order valence-corrected chi connectivity index (χ1v) is 10.7. The Morgan fingerprint density at radius 3 is 2.68 bits per heavy atom. The van der Waals surface area contributed by atoms with Crippen molar-refractivity contribution >= 4 is 10.0 Å². The number of pyridine rings is 1. The molecule has 4 heterocycles. The second kappa shape index (κ2) is 6.50. The molecule has 7 nitrogen and oxygen atoms in total. The molecule has 2 bridgehead atoms. The van der Waals surface area contributed by atoms with Crippen molar-refractivity contribution in [2.45, 2.75) is 43.5 Å². The fourth-order valence-electron chi connectivity index (χ4n) is 4.59. The van der Waals surface area contributed by atoms with Crippen LogP contribution < -0.4 is 16.0 Å². The topological polar surface area (TPSA) is 97.4 Å². The normalized spacial score (nSPS) is 27.9. The molecule has 8 heteroatoms. The molecular formula is C17H26N4O3S. The van der Waals surface area contributed by atoms with E-state index in [0.717, 1.165) is 30.9 Å². The molecule has 138 valence electrons. The highest BCUT2D eigenvalue weighted by Gasteiger charge is 2.32. The monoisotopic (exact) mass is 366 g/mol. The van der Waals surface area contributed by atoms with Gasteiger partial charge in [-0.3, -0.25) is 9.69 Å². The van der Waals surface area contributed by atoms with E-state index in [4.69, 9.17) is 5.14 Å². The maximum absolute atomic E-state index is 12.9. The van der Waals surface area contributed by atoms with E-state index in [1.165, 1.54) is 6.42 Å². The minimum atomic E-state index is -3.45. The van der Waals surface area contributed by atoms with Crippen LogP contribution in [0.4, 0.5) is 0 Å². The van der Waals surface area contributed by atoms with E-state index < -0.39 is 15.3 Å². The van der Waals surface area contributed by atoms with Crippen LogP contribution in [0.2, 0.25) is 0 Å². The summed E-state index contributed by atoms with van der Waals surface area (Å²) in [5.41, 5.74) is 2.10. The molecule has 3 N–H and O–H groups in total. The van der Waals surface area contributed by atoms with Gasteiger partial charge in [0.25, 0.3) is 5.56 Å². The number of aromatic nitrogens is 1. The Morgan fingerprint density at radius 1 is 1.20 bits per heavy atom. The first-order chi connectivity index (χ1) is 11.9. The molecule has 3 aliphatic rings. The molecule has 0 aliphatic carbocycles. The van der Waals surface area contributed by atoms with E-state index >= 15 is 0 Å². The van der Waals surface area contributed by atoms with Crippen LogP contribution in [-0.4, -0.2) is 49.3 Å². The Bertz CT molecular complexity index is 812. The number of piperidine rings is 2. The number of primary sulfonamides is 1. The van der Waals surface area contributed by atoms with Gasteiger partial charge in [0.05, 0.1) is 5.25 Å². The second-order valence-corrected chi connectivity index (χ2v) is 9.57. The number of hydrogen-bond acceptors (Lipinski definition) is 5. The van der Waals surface area contributed by atoms with Gasteiger partial charge in [0.15, 0.2) is 0 Å². The van der Waals surface area contributed by atoms with Crippen LogP contribution in [0, 0.1) is 5.92 Å². The Kier molecular flexibility index (Phi) is 4.47. The maximum Gasteiger partial charge on any atom is 0.255 e. The fourth-order valence-corrected chi connectivity index (χ4v) is 5.46. The van der Waals surface area contributed by atoms with Crippen LogP contribution in [0.15, 0.2) is 16.9 Å². The smallest absolute Gasteiger partial charge is 0.255 e. The van der Waals surface area contributed by atoms with Gasteiger partial charge in [-0.15, -0.1) is 0 Å². The van der Waals surface area contributed by atoms with Crippen LogP contribution in [0.5, 0.6) is 0 Å². The number of hydrogen-bond donors (Lipinski definition) is 2. The molecule has 0 spiro atoms. The van der Waals surface area contributed by atoms with Crippen LogP contribution in [-0.2, 0) is 23.1 Å². The third-order valence-electron chi connectivity index (χ3n) is 5.98. The molecule has 4 rings (SSSR count). The van der Waals surface area contributed by atoms with E-state index in [0.29, 0.717) is 44.3 Å². The molecule has 0 amide bonds. The number of nitrogens with one attached hydrogen (secondary N) is 1. The molecule has 1 aromatic rings. The van der Waals surface area contributed by atoms with Crippen molar-refractivity contribution in [3.8, 4) is 0 Å². The van der Waals surface area contributed by atoms with Crippen LogP contribution in [0.1, 0.15) is 36.4 Å². The summed E-state index contributed by atoms with van der Waals surface area (Å²) in [5.74, 6) is 0.990. The third kappa shape index (κ3) is 3.40. The SMILES string of the molecule is NS(=O)(=O)C1CCN(Cc2ccc3n(c2=O)C[C@@H]2CNC[C@H]3C2)CC1. The lowest BCUT2D eigenvalue weighted by Crippen LogP contribution is -2.46. The van der Waals surface area contributed by atoms with Gasteiger partial charge >= 0.3 is 0 Å². The number of likely N-dealkylation sites (tertiary alicyclic amines) is 1. The zero-order chi connectivity index (χ0) is 17.6. The molecule has 3 aliphatic heterocycles. The number of nitrogens with zero attached hydrogens (tertiary/aromatic N) is 2. The quantitative estimate of drug-likeness (QED) is 0.773. The van der Waals surface area contributed by atoms with E-state index in [2.05, 4.69) is 16.3 Å². The Morgan fingerprint density at radius 2 is 1.96 bits per heavy atom. The molecule has 2 atom stereocenters. The van der Waals surface area contributed by atoms with Gasteiger partial charge in [0.2, 0.25) is 10.0 Å². The van der Waals surface area contributed by atoms with Gasteiger partial charge in [0.1, 0.15) is 0 Å². The number of nitrogens with two attached hydrogens (primary N) is 1. The van der Waals surface area contributed by atoms with Crippen LogP contribution in [0.25, 0.3) is 0 Å². The summed E-state index contributed by atoms with van der Waals surface area (Å²) >= 11 is 0. The summed E-state index contributed by atoms with van der Waals surface area (Å²) < 4.78 is 24.9. The zero-order valence-corrected chi connectivity index (χ0v) is 15.2. The standard InChI is InChI=1S/C17H26N4O3S/c18-25(23,24)15-3-5-20(6-4-15)11-13-1-2-16-14-7-12(8-19-9-14)10-21(16)17(13)22/h1-2,12,14-15,19H,3-11H2,(H2,18,23,24)/t12-,14+/m0/s1. The molecule has 2 fully saturated rings. The van der Waals surface area contributed by atoms with Crippen molar-refractivity contribution in [2.24, 2.45) is 11.1 Å². The predicted octanol–water partition coefficient (Wildman–Crippen LogP) is -0.192. The van der Waals surface area contributed by atoms with Gasteiger partial charge in [-0.05, 0) is 50.9 Å². The lowest BCUT2D eigenvalue weighted by atomic mass is 9.84. The number of rotatable bonds is 3. The Hall–Kier alpha value is -1.22. The summed E-state index contributed by atoms with van der Waals surface area (Å²) in [6, 6.07) is 4.08. The molecule has 0 aromatic carbocycles. The van der Waals surface area contributed by atoms with Crippen molar-refractivity contribution in [1.29, 1.82) is 0 Å². The average Bonchev–Trinajstić information content (AvgIpc) is 2.58. The lowest BCUT2D eigenvalue weighted by molar-refractivity contribution is 0.218. The largest absolute Gasteiger partial charge is 0.316 e. The van der Waals surface area contributed by atoms with Crippen molar-refractivity contribution in [1.82, 2.24) is 14.8 Å². The summed E-state index contributed by atoms with van der Waals surface area (Å²) in [6.45, 7) is 4.67. The number of sulfonamides is 1. The minimum absolute atomic E-state index is 0.127. The van der Waals surface area contributed by atoms with Crippen molar-refractivity contribution in [2.75, 3.05) is 26.2 Å². The van der Waals surface area contributed by atoms with E-state index in [1.807, 2.05) is 10.6 Å². The third-order valence-corrected chi connectivity index (χ3v) is 7.38. The fraction of sp³-hybridized carbons (Fsp3) is 0.706. The van der Waals surface area contributed by atoms with Crippen LogP contribution >= 0.6 is 0 Å². The molecule has 0 unspecified atom stereocenters. The highest BCUT2D eigenvalue weighted by atomic mass is 32.2.